The summed E-state index contributed by atoms with van der Waals surface area (Å²) in [5.74, 6) is 1.40. The van der Waals surface area contributed by atoms with Crippen molar-refractivity contribution in [3.05, 3.63) is 59.7 Å². The van der Waals surface area contributed by atoms with Crippen molar-refractivity contribution in [1.82, 2.24) is 5.32 Å². The Hall–Kier alpha value is -2.86. The van der Waals surface area contributed by atoms with Crippen LogP contribution in [0.1, 0.15) is 55.5 Å². The van der Waals surface area contributed by atoms with Gasteiger partial charge in [-0.25, -0.2) is 4.99 Å². The SMILES string of the molecule is CCOc1ccc(C(=O)NC(=NC[C@@H]2CCCO2)Nc2ccc(C(C)C)cc2)cc1. The van der Waals surface area contributed by atoms with Crippen LogP contribution >= 0.6 is 0 Å². The average molecular weight is 410 g/mol. The maximum atomic E-state index is 12.7. The Morgan fingerprint density at radius 2 is 1.90 bits per heavy atom. The van der Waals surface area contributed by atoms with Gasteiger partial charge in [-0.05, 0) is 67.6 Å². The van der Waals surface area contributed by atoms with Gasteiger partial charge in [0.25, 0.3) is 5.91 Å². The number of nitrogens with zero attached hydrogens (tertiary/aromatic N) is 1. The van der Waals surface area contributed by atoms with Crippen molar-refractivity contribution in [3.8, 4) is 5.75 Å². The van der Waals surface area contributed by atoms with Crippen LogP contribution < -0.4 is 15.4 Å². The predicted octanol–water partition coefficient (Wildman–Crippen LogP) is 4.59. The van der Waals surface area contributed by atoms with Gasteiger partial charge >= 0.3 is 0 Å². The van der Waals surface area contributed by atoms with Crippen LogP contribution in [0.25, 0.3) is 0 Å². The number of benzene rings is 2. The molecule has 1 fully saturated rings. The van der Waals surface area contributed by atoms with Gasteiger partial charge in [0, 0.05) is 17.9 Å². The van der Waals surface area contributed by atoms with E-state index in [9.17, 15) is 4.79 Å². The number of hydrogen-bond donors (Lipinski definition) is 2. The zero-order valence-electron chi connectivity index (χ0n) is 18.0. The zero-order chi connectivity index (χ0) is 21.3. The Bertz CT molecular complexity index is 839. The summed E-state index contributed by atoms with van der Waals surface area (Å²) in [4.78, 5) is 17.3. The summed E-state index contributed by atoms with van der Waals surface area (Å²) >= 11 is 0. The molecule has 3 rings (SSSR count). The van der Waals surface area contributed by atoms with Gasteiger partial charge in [-0.2, -0.15) is 0 Å². The number of nitrogens with one attached hydrogen (secondary N) is 2. The molecule has 0 unspecified atom stereocenters. The van der Waals surface area contributed by atoms with Gasteiger partial charge < -0.3 is 14.8 Å². The molecule has 1 aliphatic rings. The van der Waals surface area contributed by atoms with Crippen molar-refractivity contribution in [2.24, 2.45) is 4.99 Å². The van der Waals surface area contributed by atoms with E-state index in [2.05, 4.69) is 41.6 Å². The molecule has 0 radical (unpaired) electrons. The maximum absolute atomic E-state index is 12.7. The Kier molecular flexibility index (Phi) is 7.85. The number of ether oxygens (including phenoxy) is 2. The van der Waals surface area contributed by atoms with Crippen LogP contribution in [-0.4, -0.2) is 37.7 Å². The molecule has 1 aliphatic heterocycles. The number of carbonyl (C=O) groups is 1. The van der Waals surface area contributed by atoms with Crippen LogP contribution in [0.5, 0.6) is 5.75 Å². The molecule has 0 aromatic heterocycles. The lowest BCUT2D eigenvalue weighted by Crippen LogP contribution is -2.36. The molecule has 1 amide bonds. The topological polar surface area (TPSA) is 72.0 Å². The standard InChI is InChI=1S/C24H31N3O3/c1-4-29-21-13-9-19(10-14-21)23(28)27-24(25-16-22-6-5-15-30-22)26-20-11-7-18(8-12-20)17(2)3/h7-14,17,22H,4-6,15-16H2,1-3H3,(H2,25,26,27,28)/t22-/m0/s1. The maximum Gasteiger partial charge on any atom is 0.257 e. The quantitative estimate of drug-likeness (QED) is 0.518. The van der Waals surface area contributed by atoms with Crippen LogP contribution in [0.4, 0.5) is 5.69 Å². The van der Waals surface area contributed by atoms with Gasteiger partial charge in [0.15, 0.2) is 0 Å². The molecule has 2 aromatic carbocycles. The number of hydrogen-bond acceptors (Lipinski definition) is 4. The predicted molar refractivity (Wildman–Crippen MR) is 121 cm³/mol. The number of aliphatic imine (C=N–C) groups is 1. The van der Waals surface area contributed by atoms with Crippen LogP contribution in [-0.2, 0) is 4.74 Å². The summed E-state index contributed by atoms with van der Waals surface area (Å²) in [6.45, 7) is 8.12. The van der Waals surface area contributed by atoms with E-state index in [0.717, 1.165) is 30.9 Å². The fourth-order valence-electron chi connectivity index (χ4n) is 3.23. The second-order valence-electron chi connectivity index (χ2n) is 7.64. The third-order valence-corrected chi connectivity index (χ3v) is 4.98. The first-order valence-electron chi connectivity index (χ1n) is 10.6. The Morgan fingerprint density at radius 3 is 2.50 bits per heavy atom. The third kappa shape index (κ3) is 6.32. The molecule has 2 N–H and O–H groups in total. The summed E-state index contributed by atoms with van der Waals surface area (Å²) in [5.41, 5.74) is 2.68. The first-order chi connectivity index (χ1) is 14.5. The minimum atomic E-state index is -0.226. The van der Waals surface area contributed by atoms with Crippen LogP contribution in [0, 0.1) is 0 Å². The fraction of sp³-hybridized carbons (Fsp3) is 0.417. The summed E-state index contributed by atoms with van der Waals surface area (Å²) in [7, 11) is 0. The Balaban J connectivity index is 1.71. The summed E-state index contributed by atoms with van der Waals surface area (Å²) in [6, 6.07) is 15.2. The first-order valence-corrected chi connectivity index (χ1v) is 10.6. The van der Waals surface area contributed by atoms with E-state index < -0.39 is 0 Å². The Labute approximate surface area is 178 Å². The number of rotatable bonds is 7. The molecule has 1 saturated heterocycles. The van der Waals surface area contributed by atoms with E-state index in [0.29, 0.717) is 30.6 Å². The van der Waals surface area contributed by atoms with Crippen molar-refractivity contribution in [2.75, 3.05) is 25.1 Å². The minimum Gasteiger partial charge on any atom is -0.494 e. The van der Waals surface area contributed by atoms with E-state index in [1.54, 1.807) is 24.3 Å². The molecule has 0 spiro atoms. The molecule has 6 heteroatoms. The van der Waals surface area contributed by atoms with Crippen LogP contribution in [0.2, 0.25) is 0 Å². The smallest absolute Gasteiger partial charge is 0.257 e. The third-order valence-electron chi connectivity index (χ3n) is 4.98. The second-order valence-corrected chi connectivity index (χ2v) is 7.64. The van der Waals surface area contributed by atoms with E-state index in [1.807, 2.05) is 19.1 Å². The lowest BCUT2D eigenvalue weighted by atomic mass is 10.0. The molecule has 1 atom stereocenters. The van der Waals surface area contributed by atoms with E-state index >= 15 is 0 Å². The molecule has 6 nitrogen and oxygen atoms in total. The number of guanidine groups is 1. The van der Waals surface area contributed by atoms with Crippen molar-refractivity contribution >= 4 is 17.6 Å². The molecule has 1 heterocycles. The van der Waals surface area contributed by atoms with Gasteiger partial charge in [0.05, 0.1) is 19.3 Å². The molecule has 30 heavy (non-hydrogen) atoms. The number of anilines is 1. The van der Waals surface area contributed by atoms with E-state index in [-0.39, 0.29) is 12.0 Å². The van der Waals surface area contributed by atoms with Crippen molar-refractivity contribution < 1.29 is 14.3 Å². The van der Waals surface area contributed by atoms with E-state index in [1.165, 1.54) is 5.56 Å². The number of amides is 1. The van der Waals surface area contributed by atoms with Gasteiger partial charge in [-0.3, -0.25) is 10.1 Å². The largest absolute Gasteiger partial charge is 0.494 e. The Morgan fingerprint density at radius 1 is 1.17 bits per heavy atom. The highest BCUT2D eigenvalue weighted by atomic mass is 16.5. The van der Waals surface area contributed by atoms with Crippen molar-refractivity contribution in [3.63, 3.8) is 0 Å². The summed E-state index contributed by atoms with van der Waals surface area (Å²) in [6.07, 6.45) is 2.15. The second kappa shape index (κ2) is 10.8. The van der Waals surface area contributed by atoms with Crippen molar-refractivity contribution in [1.29, 1.82) is 0 Å². The highest BCUT2D eigenvalue weighted by molar-refractivity contribution is 6.10. The zero-order valence-corrected chi connectivity index (χ0v) is 18.0. The van der Waals surface area contributed by atoms with Gasteiger partial charge in [0.1, 0.15) is 5.75 Å². The lowest BCUT2D eigenvalue weighted by Gasteiger charge is -2.14. The fourth-order valence-corrected chi connectivity index (χ4v) is 3.23. The highest BCUT2D eigenvalue weighted by Crippen LogP contribution is 2.18. The van der Waals surface area contributed by atoms with E-state index in [4.69, 9.17) is 9.47 Å². The minimum absolute atomic E-state index is 0.104. The monoisotopic (exact) mass is 409 g/mol. The normalized spacial score (nSPS) is 16.5. The molecular formula is C24H31N3O3. The van der Waals surface area contributed by atoms with Crippen LogP contribution in [0.3, 0.4) is 0 Å². The molecule has 0 bridgehead atoms. The first kappa shape index (κ1) is 21.8. The molecule has 2 aromatic rings. The van der Waals surface area contributed by atoms with Gasteiger partial charge in [0.2, 0.25) is 5.96 Å². The summed E-state index contributed by atoms with van der Waals surface area (Å²) in [5, 5.41) is 6.14. The lowest BCUT2D eigenvalue weighted by molar-refractivity contribution is 0.0975. The highest BCUT2D eigenvalue weighted by Gasteiger charge is 2.16. The summed E-state index contributed by atoms with van der Waals surface area (Å²) < 4.78 is 11.1. The van der Waals surface area contributed by atoms with Crippen molar-refractivity contribution in [2.45, 2.75) is 45.6 Å². The van der Waals surface area contributed by atoms with Crippen LogP contribution in [0.15, 0.2) is 53.5 Å². The van der Waals surface area contributed by atoms with Gasteiger partial charge in [-0.15, -0.1) is 0 Å². The number of carbonyl (C=O) groups excluding carboxylic acids is 1. The molecule has 0 aliphatic carbocycles. The molecule has 0 saturated carbocycles. The average Bonchev–Trinajstić information content (AvgIpc) is 3.27. The molecular weight excluding hydrogens is 378 g/mol. The van der Waals surface area contributed by atoms with Gasteiger partial charge in [-0.1, -0.05) is 26.0 Å². The molecule has 160 valence electrons.